The normalized spacial score (nSPS) is 11.2. The van der Waals surface area contributed by atoms with Gasteiger partial charge in [-0.15, -0.1) is 0 Å². The molecule has 0 heterocycles. The Bertz CT molecular complexity index is 527. The summed E-state index contributed by atoms with van der Waals surface area (Å²) in [4.78, 5) is 11.6. The van der Waals surface area contributed by atoms with Crippen molar-refractivity contribution in [2.24, 2.45) is 0 Å². The Labute approximate surface area is 108 Å². The Kier molecular flexibility index (Phi) is 4.67. The largest absolute Gasteiger partial charge is 0.496 e. The molecule has 0 spiro atoms. The summed E-state index contributed by atoms with van der Waals surface area (Å²) in [6, 6.07) is 4.12. The van der Waals surface area contributed by atoms with Crippen molar-refractivity contribution >= 4 is 31.7 Å². The molecule has 5 nitrogen and oxygen atoms in total. The number of sulfonamides is 1. The van der Waals surface area contributed by atoms with Crippen LogP contribution in [0.25, 0.3) is 0 Å². The molecule has 94 valence electrons. The maximum atomic E-state index is 11.6. The maximum absolute atomic E-state index is 11.6. The van der Waals surface area contributed by atoms with Gasteiger partial charge in [0, 0.05) is 6.07 Å². The molecule has 17 heavy (non-hydrogen) atoms. The fraction of sp³-hybridized carbons (Fsp3) is 0.300. The van der Waals surface area contributed by atoms with E-state index in [1.54, 1.807) is 0 Å². The first-order valence-electron chi connectivity index (χ1n) is 4.67. The molecule has 0 aliphatic heterocycles. The molecule has 0 saturated heterocycles. The van der Waals surface area contributed by atoms with E-state index in [0.29, 0.717) is 5.56 Å². The summed E-state index contributed by atoms with van der Waals surface area (Å²) in [6.45, 7) is 0. The number of carbonyl (C=O) groups excluding carboxylic acids is 1. The van der Waals surface area contributed by atoms with Crippen molar-refractivity contribution < 1.29 is 17.9 Å². The molecule has 0 fully saturated rings. The number of alkyl halides is 1. The highest BCUT2D eigenvalue weighted by molar-refractivity contribution is 9.09. The van der Waals surface area contributed by atoms with Crippen LogP contribution >= 0.6 is 15.9 Å². The van der Waals surface area contributed by atoms with E-state index in [-0.39, 0.29) is 21.8 Å². The fourth-order valence-corrected chi connectivity index (χ4v) is 2.31. The SMILES string of the molecule is CNS(=O)(=O)c1ccc(C(=O)CBr)c(OC)c1. The summed E-state index contributed by atoms with van der Waals surface area (Å²) >= 11 is 3.05. The van der Waals surface area contributed by atoms with Crippen LogP contribution < -0.4 is 9.46 Å². The lowest BCUT2D eigenvalue weighted by Gasteiger charge is -2.09. The molecule has 1 aromatic carbocycles. The third kappa shape index (κ3) is 3.05. The summed E-state index contributed by atoms with van der Waals surface area (Å²) in [6.07, 6.45) is 0. The van der Waals surface area contributed by atoms with E-state index in [4.69, 9.17) is 4.74 Å². The van der Waals surface area contributed by atoms with E-state index in [0.717, 1.165) is 0 Å². The lowest BCUT2D eigenvalue weighted by molar-refractivity contribution is 0.102. The monoisotopic (exact) mass is 321 g/mol. The Balaban J connectivity index is 3.32. The summed E-state index contributed by atoms with van der Waals surface area (Å²) < 4.78 is 30.3. The second-order valence-corrected chi connectivity index (χ2v) is 5.57. The lowest BCUT2D eigenvalue weighted by Crippen LogP contribution is -2.19. The first-order chi connectivity index (χ1) is 7.96. The zero-order chi connectivity index (χ0) is 13.1. The molecule has 0 aliphatic carbocycles. The Hall–Kier alpha value is -0.920. The van der Waals surface area contributed by atoms with E-state index in [9.17, 15) is 13.2 Å². The molecule has 0 amide bonds. The van der Waals surface area contributed by atoms with Crippen LogP contribution in [0, 0.1) is 0 Å². The number of ether oxygens (including phenoxy) is 1. The zero-order valence-electron chi connectivity index (χ0n) is 9.36. The smallest absolute Gasteiger partial charge is 0.240 e. The van der Waals surface area contributed by atoms with Crippen molar-refractivity contribution in [2.45, 2.75) is 4.90 Å². The number of ketones is 1. The highest BCUT2D eigenvalue weighted by atomic mass is 79.9. The van der Waals surface area contributed by atoms with E-state index in [2.05, 4.69) is 20.7 Å². The number of benzene rings is 1. The van der Waals surface area contributed by atoms with Crippen LogP contribution in [0.5, 0.6) is 5.75 Å². The molecule has 0 unspecified atom stereocenters. The van der Waals surface area contributed by atoms with E-state index < -0.39 is 10.0 Å². The number of carbonyl (C=O) groups is 1. The molecule has 1 rings (SSSR count). The Morgan fingerprint density at radius 2 is 2.12 bits per heavy atom. The van der Waals surface area contributed by atoms with E-state index in [1.807, 2.05) is 0 Å². The molecule has 7 heteroatoms. The number of halogens is 1. The summed E-state index contributed by atoms with van der Waals surface area (Å²) in [7, 11) is -0.829. The summed E-state index contributed by atoms with van der Waals surface area (Å²) in [5.74, 6) is 0.0704. The van der Waals surface area contributed by atoms with Gasteiger partial charge in [-0.2, -0.15) is 0 Å². The molecule has 0 aromatic heterocycles. The molecule has 1 aromatic rings. The van der Waals surface area contributed by atoms with Crippen LogP contribution in [0.15, 0.2) is 23.1 Å². The third-order valence-electron chi connectivity index (χ3n) is 2.17. The van der Waals surface area contributed by atoms with Crippen molar-refractivity contribution in [3.63, 3.8) is 0 Å². The lowest BCUT2D eigenvalue weighted by atomic mass is 10.1. The second-order valence-electron chi connectivity index (χ2n) is 3.13. The Morgan fingerprint density at radius 3 is 2.59 bits per heavy atom. The molecule has 0 aliphatic rings. The molecule has 0 saturated carbocycles. The predicted molar refractivity (Wildman–Crippen MR) is 67.4 cm³/mol. The second kappa shape index (κ2) is 5.61. The number of Topliss-reactive ketones (excluding diaryl/α,β-unsaturated/α-hetero) is 1. The van der Waals surface area contributed by atoms with Crippen molar-refractivity contribution in [3.05, 3.63) is 23.8 Å². The van der Waals surface area contributed by atoms with Gasteiger partial charge in [-0.25, -0.2) is 13.1 Å². The van der Waals surface area contributed by atoms with Gasteiger partial charge in [0.25, 0.3) is 0 Å². The van der Waals surface area contributed by atoms with Crippen molar-refractivity contribution in [1.82, 2.24) is 4.72 Å². The van der Waals surface area contributed by atoms with Gasteiger partial charge < -0.3 is 4.74 Å². The van der Waals surface area contributed by atoms with E-state index >= 15 is 0 Å². The van der Waals surface area contributed by atoms with Crippen molar-refractivity contribution in [2.75, 3.05) is 19.5 Å². The number of hydrogen-bond acceptors (Lipinski definition) is 4. The van der Waals surface area contributed by atoms with Gasteiger partial charge >= 0.3 is 0 Å². The number of methoxy groups -OCH3 is 1. The van der Waals surface area contributed by atoms with Crippen LogP contribution in [0.1, 0.15) is 10.4 Å². The quantitative estimate of drug-likeness (QED) is 0.653. The van der Waals surface area contributed by atoms with Gasteiger partial charge in [0.2, 0.25) is 10.0 Å². The minimum absolute atomic E-state index is 0.0583. The van der Waals surface area contributed by atoms with Gasteiger partial charge in [0.1, 0.15) is 5.75 Å². The van der Waals surface area contributed by atoms with Crippen LogP contribution in [-0.4, -0.2) is 33.7 Å². The minimum atomic E-state index is -3.53. The highest BCUT2D eigenvalue weighted by Crippen LogP contribution is 2.23. The molecule has 0 radical (unpaired) electrons. The average molecular weight is 322 g/mol. The van der Waals surface area contributed by atoms with Gasteiger partial charge in [-0.1, -0.05) is 15.9 Å². The number of hydrogen-bond donors (Lipinski definition) is 1. The third-order valence-corrected chi connectivity index (χ3v) is 4.10. The van der Waals surface area contributed by atoms with Crippen LogP contribution in [-0.2, 0) is 10.0 Å². The van der Waals surface area contributed by atoms with Gasteiger partial charge in [-0.05, 0) is 19.2 Å². The minimum Gasteiger partial charge on any atom is -0.496 e. The summed E-state index contributed by atoms with van der Waals surface area (Å²) in [5.41, 5.74) is 0.347. The van der Waals surface area contributed by atoms with E-state index in [1.165, 1.54) is 32.4 Å². The molecule has 0 atom stereocenters. The Morgan fingerprint density at radius 1 is 1.47 bits per heavy atom. The topological polar surface area (TPSA) is 72.5 Å². The molecular formula is C10H12BrNO4S. The van der Waals surface area contributed by atoms with Gasteiger partial charge in [-0.3, -0.25) is 4.79 Å². The molecule has 1 N–H and O–H groups in total. The maximum Gasteiger partial charge on any atom is 0.240 e. The predicted octanol–water partition coefficient (Wildman–Crippen LogP) is 1.18. The molecule has 0 bridgehead atoms. The standard InChI is InChI=1S/C10H12BrNO4S/c1-12-17(14,15)7-3-4-8(9(13)6-11)10(5-7)16-2/h3-5,12H,6H2,1-2H3. The van der Waals surface area contributed by atoms with Crippen LogP contribution in [0.4, 0.5) is 0 Å². The van der Waals surface area contributed by atoms with Crippen LogP contribution in [0.2, 0.25) is 0 Å². The van der Waals surface area contributed by atoms with Crippen LogP contribution in [0.3, 0.4) is 0 Å². The average Bonchev–Trinajstić information content (AvgIpc) is 2.36. The summed E-state index contributed by atoms with van der Waals surface area (Å²) in [5, 5.41) is 0.154. The highest BCUT2D eigenvalue weighted by Gasteiger charge is 2.17. The fourth-order valence-electron chi connectivity index (χ4n) is 1.26. The first-order valence-corrected chi connectivity index (χ1v) is 7.27. The zero-order valence-corrected chi connectivity index (χ0v) is 11.8. The number of rotatable bonds is 5. The van der Waals surface area contributed by atoms with Crippen molar-refractivity contribution in [3.8, 4) is 5.75 Å². The van der Waals surface area contributed by atoms with Gasteiger partial charge in [0.15, 0.2) is 5.78 Å². The van der Waals surface area contributed by atoms with Gasteiger partial charge in [0.05, 0.1) is 22.9 Å². The van der Waals surface area contributed by atoms with Crippen molar-refractivity contribution in [1.29, 1.82) is 0 Å². The number of nitrogens with one attached hydrogen (secondary N) is 1. The first kappa shape index (κ1) is 14.1. The molecular weight excluding hydrogens is 310 g/mol.